The highest BCUT2D eigenvalue weighted by atomic mass is 16.5. The molecule has 0 aliphatic carbocycles. The van der Waals surface area contributed by atoms with Crippen molar-refractivity contribution in [3.63, 3.8) is 0 Å². The smallest absolute Gasteiger partial charge is 0.188 e. The van der Waals surface area contributed by atoms with E-state index in [9.17, 15) is 0 Å². The Bertz CT molecular complexity index is 516. The second-order valence-corrected chi connectivity index (χ2v) is 4.52. The fraction of sp³-hybridized carbons (Fsp3) is 0.385. The Labute approximate surface area is 107 Å². The average molecular weight is 246 g/mol. The number of hydrogen-bond acceptors (Lipinski definition) is 4. The number of benzene rings is 1. The minimum atomic E-state index is 0.354. The molecule has 0 bridgehead atoms. The molecule has 5 heteroatoms. The van der Waals surface area contributed by atoms with Crippen molar-refractivity contribution >= 4 is 5.69 Å². The zero-order valence-corrected chi connectivity index (χ0v) is 10.9. The van der Waals surface area contributed by atoms with Gasteiger partial charge < -0.3 is 10.5 Å². The average Bonchev–Trinajstić information content (AvgIpc) is 2.70. The molecule has 0 aliphatic heterocycles. The zero-order valence-electron chi connectivity index (χ0n) is 10.9. The Kier molecular flexibility index (Phi) is 3.50. The van der Waals surface area contributed by atoms with Crippen LogP contribution in [0.15, 0.2) is 24.3 Å². The highest BCUT2D eigenvalue weighted by Crippen LogP contribution is 2.15. The van der Waals surface area contributed by atoms with Crippen molar-refractivity contribution in [3.8, 4) is 5.75 Å². The summed E-state index contributed by atoms with van der Waals surface area (Å²) in [6.07, 6.45) is 0. The van der Waals surface area contributed by atoms with Gasteiger partial charge in [-0.05, 0) is 24.3 Å². The van der Waals surface area contributed by atoms with Crippen LogP contribution in [0.2, 0.25) is 0 Å². The number of nitrogens with two attached hydrogens (primary N) is 1. The monoisotopic (exact) mass is 246 g/mol. The molecule has 2 aromatic rings. The van der Waals surface area contributed by atoms with Crippen LogP contribution in [-0.2, 0) is 13.7 Å². The number of hydrogen-bond donors (Lipinski definition) is 1. The van der Waals surface area contributed by atoms with Crippen molar-refractivity contribution in [2.45, 2.75) is 26.4 Å². The molecule has 0 saturated carbocycles. The van der Waals surface area contributed by atoms with Crippen LogP contribution >= 0.6 is 0 Å². The lowest BCUT2D eigenvalue weighted by Crippen LogP contribution is -2.00. The summed E-state index contributed by atoms with van der Waals surface area (Å²) in [6, 6.07) is 7.28. The van der Waals surface area contributed by atoms with Crippen molar-refractivity contribution in [1.29, 1.82) is 0 Å². The standard InChI is InChI=1S/C13H18N4O/c1-9(2)13-15-12(16-17(13)3)8-18-11-6-4-10(14)5-7-11/h4-7,9H,8,14H2,1-3H3. The molecule has 5 nitrogen and oxygen atoms in total. The molecular formula is C13H18N4O. The molecule has 1 aromatic carbocycles. The maximum atomic E-state index is 5.61. The van der Waals surface area contributed by atoms with Gasteiger partial charge in [0.2, 0.25) is 0 Å². The molecule has 18 heavy (non-hydrogen) atoms. The summed E-state index contributed by atoms with van der Waals surface area (Å²) in [5.41, 5.74) is 6.33. The van der Waals surface area contributed by atoms with E-state index in [0.29, 0.717) is 18.3 Å². The van der Waals surface area contributed by atoms with Gasteiger partial charge in [0, 0.05) is 18.7 Å². The van der Waals surface area contributed by atoms with Crippen molar-refractivity contribution in [3.05, 3.63) is 35.9 Å². The van der Waals surface area contributed by atoms with Gasteiger partial charge in [-0.2, -0.15) is 5.10 Å². The fourth-order valence-corrected chi connectivity index (χ4v) is 1.73. The van der Waals surface area contributed by atoms with Crippen LogP contribution in [0.3, 0.4) is 0 Å². The molecule has 1 aromatic heterocycles. The van der Waals surface area contributed by atoms with E-state index < -0.39 is 0 Å². The Balaban J connectivity index is 2.02. The lowest BCUT2D eigenvalue weighted by Gasteiger charge is -2.03. The SMILES string of the molecule is CC(C)c1nc(COc2ccc(N)cc2)nn1C. The van der Waals surface area contributed by atoms with E-state index in [1.165, 1.54) is 0 Å². The van der Waals surface area contributed by atoms with Crippen molar-refractivity contribution < 1.29 is 4.74 Å². The van der Waals surface area contributed by atoms with Crippen molar-refractivity contribution in [2.24, 2.45) is 7.05 Å². The Hall–Kier alpha value is -2.04. The molecule has 0 radical (unpaired) electrons. The first-order chi connectivity index (χ1) is 8.56. The van der Waals surface area contributed by atoms with E-state index in [-0.39, 0.29) is 0 Å². The lowest BCUT2D eigenvalue weighted by atomic mass is 10.2. The van der Waals surface area contributed by atoms with Gasteiger partial charge >= 0.3 is 0 Å². The van der Waals surface area contributed by atoms with Gasteiger partial charge in [0.25, 0.3) is 0 Å². The van der Waals surface area contributed by atoms with Gasteiger partial charge in [0.1, 0.15) is 18.2 Å². The van der Waals surface area contributed by atoms with Crippen LogP contribution in [0.25, 0.3) is 0 Å². The first-order valence-electron chi connectivity index (χ1n) is 5.94. The molecular weight excluding hydrogens is 228 g/mol. The Morgan fingerprint density at radius 1 is 1.28 bits per heavy atom. The summed E-state index contributed by atoms with van der Waals surface area (Å²) in [5, 5.41) is 4.32. The number of aryl methyl sites for hydroxylation is 1. The van der Waals surface area contributed by atoms with Gasteiger partial charge in [-0.1, -0.05) is 13.8 Å². The normalized spacial score (nSPS) is 10.9. The molecule has 0 spiro atoms. The highest BCUT2D eigenvalue weighted by molar-refractivity contribution is 5.41. The number of nitrogen functional groups attached to an aromatic ring is 1. The summed E-state index contributed by atoms with van der Waals surface area (Å²) in [4.78, 5) is 4.44. The van der Waals surface area contributed by atoms with Gasteiger partial charge in [0.15, 0.2) is 5.82 Å². The maximum Gasteiger partial charge on any atom is 0.188 e. The summed E-state index contributed by atoms with van der Waals surface area (Å²) < 4.78 is 7.40. The van der Waals surface area contributed by atoms with Gasteiger partial charge in [-0.3, -0.25) is 4.68 Å². The van der Waals surface area contributed by atoms with E-state index in [4.69, 9.17) is 10.5 Å². The number of nitrogens with zero attached hydrogens (tertiary/aromatic N) is 3. The molecule has 0 saturated heterocycles. The second kappa shape index (κ2) is 5.08. The van der Waals surface area contributed by atoms with E-state index in [1.807, 2.05) is 19.2 Å². The third kappa shape index (κ3) is 2.80. The third-order valence-electron chi connectivity index (χ3n) is 2.61. The van der Waals surface area contributed by atoms with Gasteiger partial charge in [-0.15, -0.1) is 0 Å². The Morgan fingerprint density at radius 2 is 1.94 bits per heavy atom. The van der Waals surface area contributed by atoms with Crippen LogP contribution < -0.4 is 10.5 Å². The minimum absolute atomic E-state index is 0.354. The summed E-state index contributed by atoms with van der Waals surface area (Å²) in [7, 11) is 1.90. The molecule has 2 N–H and O–H groups in total. The second-order valence-electron chi connectivity index (χ2n) is 4.52. The molecule has 0 amide bonds. The summed E-state index contributed by atoms with van der Waals surface area (Å²) >= 11 is 0. The molecule has 0 atom stereocenters. The molecule has 0 aliphatic rings. The van der Waals surface area contributed by atoms with Crippen molar-refractivity contribution in [1.82, 2.24) is 14.8 Å². The lowest BCUT2D eigenvalue weighted by molar-refractivity contribution is 0.295. The van der Waals surface area contributed by atoms with Crippen LogP contribution in [0.5, 0.6) is 5.75 Å². The molecule has 0 unspecified atom stereocenters. The van der Waals surface area contributed by atoms with E-state index >= 15 is 0 Å². The fourth-order valence-electron chi connectivity index (χ4n) is 1.73. The predicted octanol–water partition coefficient (Wildman–Crippen LogP) is 2.10. The third-order valence-corrected chi connectivity index (χ3v) is 2.61. The number of rotatable bonds is 4. The van der Waals surface area contributed by atoms with Gasteiger partial charge in [0.05, 0.1) is 0 Å². The number of aromatic nitrogens is 3. The molecule has 0 fully saturated rings. The summed E-state index contributed by atoms with van der Waals surface area (Å²) in [6.45, 7) is 4.55. The number of ether oxygens (including phenoxy) is 1. The molecule has 2 rings (SSSR count). The summed E-state index contributed by atoms with van der Waals surface area (Å²) in [5.74, 6) is 2.78. The van der Waals surface area contributed by atoms with Crippen LogP contribution in [0.4, 0.5) is 5.69 Å². The predicted molar refractivity (Wildman–Crippen MR) is 70.3 cm³/mol. The molecule has 96 valence electrons. The topological polar surface area (TPSA) is 66.0 Å². The highest BCUT2D eigenvalue weighted by Gasteiger charge is 2.10. The van der Waals surface area contributed by atoms with Crippen LogP contribution in [-0.4, -0.2) is 14.8 Å². The largest absolute Gasteiger partial charge is 0.486 e. The van der Waals surface area contributed by atoms with Crippen LogP contribution in [0.1, 0.15) is 31.4 Å². The van der Waals surface area contributed by atoms with E-state index in [1.54, 1.807) is 16.8 Å². The van der Waals surface area contributed by atoms with E-state index in [2.05, 4.69) is 23.9 Å². The number of anilines is 1. The van der Waals surface area contributed by atoms with E-state index in [0.717, 1.165) is 17.3 Å². The zero-order chi connectivity index (χ0) is 13.1. The van der Waals surface area contributed by atoms with Gasteiger partial charge in [-0.25, -0.2) is 4.98 Å². The minimum Gasteiger partial charge on any atom is -0.486 e. The first kappa shape index (κ1) is 12.4. The Morgan fingerprint density at radius 3 is 2.50 bits per heavy atom. The van der Waals surface area contributed by atoms with Crippen molar-refractivity contribution in [2.75, 3.05) is 5.73 Å². The van der Waals surface area contributed by atoms with Crippen LogP contribution in [0, 0.1) is 0 Å². The first-order valence-corrected chi connectivity index (χ1v) is 5.94. The maximum absolute atomic E-state index is 5.61. The quantitative estimate of drug-likeness (QED) is 0.839. The molecule has 1 heterocycles.